The van der Waals surface area contributed by atoms with Crippen molar-refractivity contribution >= 4 is 11.3 Å². The number of hydrogen-bond acceptors (Lipinski definition) is 3. The molecule has 0 aromatic carbocycles. The molecule has 1 unspecified atom stereocenters. The summed E-state index contributed by atoms with van der Waals surface area (Å²) in [5.74, 6) is 0.802. The van der Waals surface area contributed by atoms with Crippen molar-refractivity contribution in [1.29, 1.82) is 0 Å². The molecule has 3 heteroatoms. The quantitative estimate of drug-likeness (QED) is 0.820. The second-order valence-electron chi connectivity index (χ2n) is 4.99. The monoisotopic (exact) mass is 240 g/mol. The highest BCUT2D eigenvalue weighted by Crippen LogP contribution is 2.17. The van der Waals surface area contributed by atoms with E-state index in [1.54, 1.807) is 0 Å². The summed E-state index contributed by atoms with van der Waals surface area (Å²) in [5, 5.41) is 4.75. The molecule has 0 bridgehead atoms. The van der Waals surface area contributed by atoms with Crippen molar-refractivity contribution in [1.82, 2.24) is 10.3 Å². The Labute approximate surface area is 103 Å². The maximum Gasteiger partial charge on any atom is 0.0900 e. The minimum Gasteiger partial charge on any atom is -0.309 e. The van der Waals surface area contributed by atoms with E-state index < -0.39 is 0 Å². The van der Waals surface area contributed by atoms with Crippen molar-refractivity contribution < 1.29 is 0 Å². The van der Waals surface area contributed by atoms with E-state index in [4.69, 9.17) is 0 Å². The molecule has 0 aliphatic heterocycles. The van der Waals surface area contributed by atoms with Gasteiger partial charge in [0.05, 0.1) is 10.7 Å². The summed E-state index contributed by atoms with van der Waals surface area (Å²) in [6, 6.07) is 0.601. The summed E-state index contributed by atoms with van der Waals surface area (Å²) >= 11 is 1.81. The van der Waals surface area contributed by atoms with Gasteiger partial charge < -0.3 is 5.32 Å². The number of thiazole rings is 1. The van der Waals surface area contributed by atoms with Gasteiger partial charge in [0.1, 0.15) is 0 Å². The van der Waals surface area contributed by atoms with Crippen molar-refractivity contribution in [3.8, 4) is 0 Å². The number of rotatable bonds is 6. The third-order valence-electron chi connectivity index (χ3n) is 2.79. The first-order valence-electron chi connectivity index (χ1n) is 6.15. The number of nitrogens with one attached hydrogen (secondary N) is 1. The number of aromatic nitrogens is 1. The molecule has 1 heterocycles. The first kappa shape index (κ1) is 13.7. The Balaban J connectivity index is 2.31. The van der Waals surface area contributed by atoms with Crippen molar-refractivity contribution in [2.75, 3.05) is 0 Å². The molecule has 16 heavy (non-hydrogen) atoms. The Morgan fingerprint density at radius 3 is 2.38 bits per heavy atom. The largest absolute Gasteiger partial charge is 0.309 e. The Kier molecular flexibility index (Phi) is 5.42. The molecule has 1 N–H and O–H groups in total. The van der Waals surface area contributed by atoms with Crippen LogP contribution in [0.25, 0.3) is 0 Å². The van der Waals surface area contributed by atoms with Gasteiger partial charge in [0.2, 0.25) is 0 Å². The fraction of sp³-hybridized carbons (Fsp3) is 0.769. The molecule has 92 valence electrons. The lowest BCUT2D eigenvalue weighted by molar-refractivity contribution is 0.451. The van der Waals surface area contributed by atoms with Crippen molar-refractivity contribution in [2.24, 2.45) is 5.92 Å². The van der Waals surface area contributed by atoms with Crippen LogP contribution in [-0.2, 0) is 6.54 Å². The first-order chi connectivity index (χ1) is 7.49. The van der Waals surface area contributed by atoms with E-state index in [9.17, 15) is 0 Å². The Morgan fingerprint density at radius 2 is 1.88 bits per heavy atom. The molecular weight excluding hydrogens is 216 g/mol. The van der Waals surface area contributed by atoms with Crippen LogP contribution in [0.1, 0.15) is 49.2 Å². The molecular formula is C13H24N2S. The molecule has 0 saturated heterocycles. The second-order valence-corrected chi connectivity index (χ2v) is 6.28. The summed E-state index contributed by atoms with van der Waals surface area (Å²) in [6.07, 6.45) is 2.56. The van der Waals surface area contributed by atoms with E-state index in [0.717, 1.165) is 12.5 Å². The van der Waals surface area contributed by atoms with Gasteiger partial charge in [-0.05, 0) is 39.5 Å². The van der Waals surface area contributed by atoms with Crippen molar-refractivity contribution in [3.05, 3.63) is 15.6 Å². The Morgan fingerprint density at radius 1 is 1.19 bits per heavy atom. The first-order valence-corrected chi connectivity index (χ1v) is 6.97. The van der Waals surface area contributed by atoms with Crippen LogP contribution in [0.2, 0.25) is 0 Å². The molecule has 0 radical (unpaired) electrons. The van der Waals surface area contributed by atoms with Crippen LogP contribution in [0, 0.1) is 19.8 Å². The average Bonchev–Trinajstić information content (AvgIpc) is 2.51. The van der Waals surface area contributed by atoms with E-state index in [1.165, 1.54) is 28.4 Å². The van der Waals surface area contributed by atoms with E-state index in [-0.39, 0.29) is 0 Å². The van der Waals surface area contributed by atoms with Crippen LogP contribution in [0.15, 0.2) is 0 Å². The molecule has 1 rings (SSSR count). The molecule has 0 amide bonds. The van der Waals surface area contributed by atoms with Gasteiger partial charge in [-0.1, -0.05) is 13.8 Å². The minimum atomic E-state index is 0.601. The number of nitrogens with zero attached hydrogens (tertiary/aromatic N) is 1. The fourth-order valence-corrected chi connectivity index (χ4v) is 2.58. The van der Waals surface area contributed by atoms with E-state index >= 15 is 0 Å². The lowest BCUT2D eigenvalue weighted by atomic mass is 10.0. The van der Waals surface area contributed by atoms with Gasteiger partial charge in [-0.25, -0.2) is 4.98 Å². The van der Waals surface area contributed by atoms with Crippen LogP contribution in [0.5, 0.6) is 0 Å². The molecule has 1 atom stereocenters. The Hall–Kier alpha value is -0.410. The molecule has 0 aliphatic carbocycles. The lowest BCUT2D eigenvalue weighted by Gasteiger charge is -2.14. The lowest BCUT2D eigenvalue weighted by Crippen LogP contribution is -2.25. The highest BCUT2D eigenvalue weighted by molar-refractivity contribution is 7.11. The standard InChI is InChI=1S/C13H24N2S/c1-9(2)6-7-10(3)14-8-13-11(4)15-12(5)16-13/h9-10,14H,6-8H2,1-5H3. The van der Waals surface area contributed by atoms with Crippen LogP contribution >= 0.6 is 11.3 Å². The van der Waals surface area contributed by atoms with Gasteiger partial charge in [-0.3, -0.25) is 0 Å². The summed E-state index contributed by atoms with van der Waals surface area (Å²) in [5.41, 5.74) is 1.19. The Bertz CT molecular complexity index is 318. The smallest absolute Gasteiger partial charge is 0.0900 e. The third kappa shape index (κ3) is 4.62. The molecule has 1 aromatic rings. The molecule has 1 aromatic heterocycles. The van der Waals surface area contributed by atoms with Gasteiger partial charge in [0.25, 0.3) is 0 Å². The maximum absolute atomic E-state index is 4.44. The molecule has 2 nitrogen and oxygen atoms in total. The summed E-state index contributed by atoms with van der Waals surface area (Å²) in [4.78, 5) is 5.82. The normalized spacial score (nSPS) is 13.4. The SMILES string of the molecule is Cc1nc(C)c(CNC(C)CCC(C)C)s1. The van der Waals surface area contributed by atoms with Gasteiger partial charge >= 0.3 is 0 Å². The zero-order valence-electron chi connectivity index (χ0n) is 11.1. The molecule has 0 fully saturated rings. The zero-order chi connectivity index (χ0) is 12.1. The van der Waals surface area contributed by atoms with Gasteiger partial charge in [-0.2, -0.15) is 0 Å². The predicted molar refractivity (Wildman–Crippen MR) is 72.0 cm³/mol. The summed E-state index contributed by atoms with van der Waals surface area (Å²) < 4.78 is 0. The molecule has 0 saturated carbocycles. The molecule has 0 aliphatic rings. The van der Waals surface area contributed by atoms with Crippen LogP contribution < -0.4 is 5.32 Å². The topological polar surface area (TPSA) is 24.9 Å². The van der Waals surface area contributed by atoms with Crippen molar-refractivity contribution in [2.45, 2.75) is 60.0 Å². The predicted octanol–water partition coefficient (Wildman–Crippen LogP) is 3.67. The second kappa shape index (κ2) is 6.36. The zero-order valence-corrected chi connectivity index (χ0v) is 11.9. The maximum atomic E-state index is 4.44. The summed E-state index contributed by atoms with van der Waals surface area (Å²) in [7, 11) is 0. The van der Waals surface area contributed by atoms with Crippen LogP contribution in [-0.4, -0.2) is 11.0 Å². The van der Waals surface area contributed by atoms with Gasteiger partial charge in [-0.15, -0.1) is 11.3 Å². The average molecular weight is 240 g/mol. The highest BCUT2D eigenvalue weighted by atomic mass is 32.1. The van der Waals surface area contributed by atoms with Crippen molar-refractivity contribution in [3.63, 3.8) is 0 Å². The number of hydrogen-bond donors (Lipinski definition) is 1. The van der Waals surface area contributed by atoms with E-state index in [1.807, 2.05) is 11.3 Å². The highest BCUT2D eigenvalue weighted by Gasteiger charge is 2.07. The fourth-order valence-electron chi connectivity index (χ4n) is 1.69. The number of aryl methyl sites for hydroxylation is 2. The van der Waals surface area contributed by atoms with E-state index in [2.05, 4.69) is 44.9 Å². The van der Waals surface area contributed by atoms with Gasteiger partial charge in [0, 0.05) is 17.5 Å². The van der Waals surface area contributed by atoms with Crippen LogP contribution in [0.3, 0.4) is 0 Å². The minimum absolute atomic E-state index is 0.601. The van der Waals surface area contributed by atoms with E-state index in [0.29, 0.717) is 6.04 Å². The van der Waals surface area contributed by atoms with Gasteiger partial charge in [0.15, 0.2) is 0 Å². The molecule has 0 spiro atoms. The third-order valence-corrected chi connectivity index (χ3v) is 3.86. The summed E-state index contributed by atoms with van der Waals surface area (Å²) in [6.45, 7) is 12.0. The van der Waals surface area contributed by atoms with Crippen LogP contribution in [0.4, 0.5) is 0 Å².